The summed E-state index contributed by atoms with van der Waals surface area (Å²) >= 11 is 23.0. The number of benzene rings is 4. The number of pyridine rings is 2. The van der Waals surface area contributed by atoms with E-state index in [-0.39, 0.29) is 63.2 Å². The Morgan fingerprint density at radius 2 is 1.15 bits per heavy atom. The van der Waals surface area contributed by atoms with Crippen LogP contribution in [0.5, 0.6) is 11.8 Å². The molecular weight excluding hydrogens is 1210 g/mol. The number of rotatable bonds is 9. The van der Waals surface area contributed by atoms with Crippen LogP contribution in [0.3, 0.4) is 0 Å². The van der Waals surface area contributed by atoms with Crippen molar-refractivity contribution in [2.24, 2.45) is 0 Å². The van der Waals surface area contributed by atoms with E-state index in [1.165, 1.54) is 0 Å². The molecule has 0 aliphatic carbocycles. The number of aromatic nitrogens is 2. The van der Waals surface area contributed by atoms with Crippen molar-refractivity contribution in [1.82, 2.24) is 20.2 Å². The normalized spacial score (nSPS) is 12.5. The molecule has 8 rings (SSSR count). The maximum absolute atomic E-state index is 13.4. The molecule has 374 valence electrons. The molecule has 0 spiro atoms. The molecule has 6 aromatic rings. The van der Waals surface area contributed by atoms with Gasteiger partial charge < -0.3 is 24.8 Å². The Balaban J connectivity index is 0.000000283. The van der Waals surface area contributed by atoms with E-state index in [2.05, 4.69) is 60.5 Å². The summed E-state index contributed by atoms with van der Waals surface area (Å²) in [6.07, 6.45) is 1.67. The first kappa shape index (κ1) is 61.1. The quantitative estimate of drug-likeness (QED) is 0.0871. The number of hydrogen-bond donors (Lipinski definition) is 1. The molecule has 1 N–H and O–H groups in total. The predicted molar refractivity (Wildman–Crippen MR) is 298 cm³/mol. The summed E-state index contributed by atoms with van der Waals surface area (Å²) in [5, 5.41) is 14.0. The van der Waals surface area contributed by atoms with Gasteiger partial charge in [-0.05, 0) is 168 Å². The van der Waals surface area contributed by atoms with Crippen LogP contribution in [0.1, 0.15) is 110 Å². The fraction of sp³-hybridized carbons (Fsp3) is 0.345. The average Bonchev–Trinajstić information content (AvgIpc) is 3.31. The van der Waals surface area contributed by atoms with Crippen LogP contribution in [0, 0.1) is 48.7 Å². The molecule has 4 aromatic carbocycles. The van der Waals surface area contributed by atoms with Crippen LogP contribution in [-0.2, 0) is 38.5 Å². The van der Waals surface area contributed by atoms with E-state index in [1.807, 2.05) is 131 Å². The number of halogens is 6. The third-order valence-corrected chi connectivity index (χ3v) is 14.3. The van der Waals surface area contributed by atoms with Crippen LogP contribution < -0.4 is 71.3 Å². The van der Waals surface area contributed by atoms with Crippen molar-refractivity contribution in [2.45, 2.75) is 106 Å². The van der Waals surface area contributed by atoms with Gasteiger partial charge in [0.2, 0.25) is 11.8 Å². The van der Waals surface area contributed by atoms with E-state index in [0.717, 1.165) is 87.0 Å². The second-order valence-corrected chi connectivity index (χ2v) is 21.0. The number of alkyl halides is 2. The number of hydrogen-bond acceptors (Lipinski definition) is 7. The van der Waals surface area contributed by atoms with Gasteiger partial charge in [-0.1, -0.05) is 105 Å². The first-order chi connectivity index (χ1) is 33.6. The van der Waals surface area contributed by atoms with Crippen molar-refractivity contribution in [3.8, 4) is 11.8 Å². The van der Waals surface area contributed by atoms with Gasteiger partial charge in [0.1, 0.15) is 13.2 Å². The monoisotopic (exact) mass is 1280 g/mol. The number of aryl methyl sites for hydroxylation is 6. The molecule has 2 aliphatic rings. The molecule has 2 aromatic heterocycles. The largest absolute Gasteiger partial charge is 1.00 e. The molecule has 0 radical (unpaired) electrons. The van der Waals surface area contributed by atoms with Gasteiger partial charge in [0, 0.05) is 42.7 Å². The van der Waals surface area contributed by atoms with Gasteiger partial charge in [-0.25, -0.2) is 9.97 Å². The zero-order chi connectivity index (χ0) is 52.6. The number of amides is 2. The number of nitrogens with zero attached hydrogens (tertiary/aromatic N) is 3. The first-order valence-electron chi connectivity index (χ1n) is 23.2. The van der Waals surface area contributed by atoms with Crippen molar-refractivity contribution in [3.63, 3.8) is 0 Å². The van der Waals surface area contributed by atoms with Crippen molar-refractivity contribution in [3.05, 3.63) is 180 Å². The van der Waals surface area contributed by atoms with Crippen molar-refractivity contribution in [1.29, 1.82) is 0 Å². The summed E-state index contributed by atoms with van der Waals surface area (Å²) in [4.78, 5) is 35.9. The molecule has 0 saturated heterocycles. The van der Waals surface area contributed by atoms with Crippen LogP contribution in [0.25, 0.3) is 0 Å². The van der Waals surface area contributed by atoms with E-state index < -0.39 is 12.8 Å². The van der Waals surface area contributed by atoms with Gasteiger partial charge in [-0.15, -0.1) is 17.2 Å². The molecule has 4 heterocycles. The van der Waals surface area contributed by atoms with Gasteiger partial charge >= 0.3 is 51.4 Å². The first-order valence-corrected chi connectivity index (χ1v) is 25.9. The molecule has 16 heteroatoms. The summed E-state index contributed by atoms with van der Waals surface area (Å²) in [7, 11) is -1.00. The average molecular weight is 1280 g/mol. The molecule has 0 atom stereocenters. The van der Waals surface area contributed by atoms with Crippen LogP contribution in [0.4, 0.5) is 4.39 Å². The molecule has 0 fully saturated rings. The Kier molecular flexibility index (Phi) is 26.0. The summed E-state index contributed by atoms with van der Waals surface area (Å²) < 4.78 is 29.2. The minimum atomic E-state index is -1.00. The van der Waals surface area contributed by atoms with E-state index in [0.29, 0.717) is 71.7 Å². The van der Waals surface area contributed by atoms with Crippen LogP contribution in [0.15, 0.2) is 84.9 Å². The van der Waals surface area contributed by atoms with Crippen molar-refractivity contribution >= 4 is 91.8 Å². The minimum Gasteiger partial charge on any atom is -0.850 e. The van der Waals surface area contributed by atoms with Crippen molar-refractivity contribution in [2.75, 3.05) is 20.2 Å². The predicted octanol–water partition coefficient (Wildman–Crippen LogP) is 10.3. The molecule has 2 amide bonds. The third-order valence-electron chi connectivity index (χ3n) is 10.9. The Hall–Kier alpha value is -2.42. The second kappa shape index (κ2) is 30.2. The van der Waals surface area contributed by atoms with Gasteiger partial charge in [-0.2, -0.15) is 0 Å². The fourth-order valence-electron chi connectivity index (χ4n) is 7.62. The smallest absolute Gasteiger partial charge is 0.850 e. The summed E-state index contributed by atoms with van der Waals surface area (Å²) in [5.41, 5.74) is 13.1. The molecule has 2 aliphatic heterocycles. The number of carbonyl (C=O) groups excluding carboxylic acids is 2. The molecule has 0 saturated carbocycles. The van der Waals surface area contributed by atoms with Gasteiger partial charge in [0.05, 0.1) is 42.1 Å². The standard InChI is InChI=1S/C25H24ClIN2O2.C15H16ClNO.C10H9ClINO.C4H9O.CH3F.K/c1-15-11-17(3)28-24(31-14-18-7-5-4-6-8-18)20(15)13-29-10-9-19-16(2)12-21(27)23(26)22(19)25(29)30;1-11-8-12(2)17-15(14(11)9-16)18-10-13-6-4-3-5-7-13;1-5-4-7(12)9(11)8-6(5)2-3-13-10(8)14;1-4(2,3)5;1-2;/h4-8,11-12H,9-10,13-14H2,1-3H3;3-8H,9-10H2,1-2H3;4H,2-3H2,1H3,(H,13,14);1-3H3;1H3;/q;;;-1;;+1/i;;;;1D;. The minimum absolute atomic E-state index is 0. The van der Waals surface area contributed by atoms with Crippen LogP contribution in [0.2, 0.25) is 10.0 Å². The summed E-state index contributed by atoms with van der Waals surface area (Å²) in [5.74, 6) is 1.58. The summed E-state index contributed by atoms with van der Waals surface area (Å²) in [6, 6.07) is 28.2. The Bertz CT molecular complexity index is 2770. The molecule has 71 heavy (non-hydrogen) atoms. The fourth-order valence-corrected chi connectivity index (χ4v) is 9.93. The molecule has 0 bridgehead atoms. The zero-order valence-corrected chi connectivity index (χ0v) is 51.8. The van der Waals surface area contributed by atoms with Crippen LogP contribution in [-0.4, -0.2) is 52.5 Å². The number of nitrogens with one attached hydrogen (secondary N) is 1. The van der Waals surface area contributed by atoms with Gasteiger partial charge in [0.25, 0.3) is 11.8 Å². The molecular formula is C55H61Cl3FI2KN4O5. The van der Waals surface area contributed by atoms with Crippen molar-refractivity contribution < 1.29 is 81.3 Å². The van der Waals surface area contributed by atoms with E-state index >= 15 is 0 Å². The maximum atomic E-state index is 13.4. The van der Waals surface area contributed by atoms with Gasteiger partial charge in [-0.3, -0.25) is 14.0 Å². The topological polar surface area (TPSA) is 117 Å². The van der Waals surface area contributed by atoms with E-state index in [4.69, 9.17) is 45.6 Å². The van der Waals surface area contributed by atoms with E-state index in [1.54, 1.807) is 20.8 Å². The summed E-state index contributed by atoms with van der Waals surface area (Å²) in [6.45, 7) is 19.7. The Morgan fingerprint density at radius 1 is 0.732 bits per heavy atom. The SMILES string of the molecule is CC(C)(C)[O-].Cc1cc(C)c(CCl)c(OCc2ccccc2)n1.Cc1cc(C)c(CN2CCc3c(C)cc(I)c(Cl)c3C2=O)c(OCc2ccccc2)n1.Cc1cc(I)c(Cl)c2c1CCNC2=O.[2H]CF.[K+]. The number of fused-ring (bicyclic) bond motifs is 2. The third kappa shape index (κ3) is 18.7. The van der Waals surface area contributed by atoms with Gasteiger partial charge in [0.15, 0.2) is 0 Å². The van der Waals surface area contributed by atoms with E-state index in [9.17, 15) is 19.1 Å². The Morgan fingerprint density at radius 3 is 1.62 bits per heavy atom. The van der Waals surface area contributed by atoms with Crippen LogP contribution >= 0.6 is 80.0 Å². The maximum Gasteiger partial charge on any atom is 1.00 e. The second-order valence-electron chi connectivity index (χ2n) is 17.7. The molecule has 9 nitrogen and oxygen atoms in total. The Labute approximate surface area is 505 Å². The molecule has 0 unspecified atom stereocenters. The number of ether oxygens (including phenoxy) is 2. The number of carbonyl (C=O) groups is 2. The zero-order valence-electron chi connectivity index (χ0n) is 43.1.